The highest BCUT2D eigenvalue weighted by atomic mass is 16.5. The summed E-state index contributed by atoms with van der Waals surface area (Å²) >= 11 is 0. The molecular formula is C21H32N2O2. The Morgan fingerprint density at radius 2 is 1.68 bits per heavy atom. The van der Waals surface area contributed by atoms with Crippen LogP contribution in [0.3, 0.4) is 0 Å². The summed E-state index contributed by atoms with van der Waals surface area (Å²) in [5, 5.41) is 0. The maximum atomic E-state index is 12.6. The molecular weight excluding hydrogens is 312 g/mol. The SMILES string of the molecule is Cc1cccc(C)c1OCCN1CCC(C(=O)N2CCCCC2)CC1. The van der Waals surface area contributed by atoms with E-state index in [-0.39, 0.29) is 5.92 Å². The van der Waals surface area contributed by atoms with Crippen LogP contribution in [0.1, 0.15) is 43.2 Å². The monoisotopic (exact) mass is 344 g/mol. The molecule has 25 heavy (non-hydrogen) atoms. The van der Waals surface area contributed by atoms with E-state index in [1.807, 2.05) is 0 Å². The van der Waals surface area contributed by atoms with Gasteiger partial charge < -0.3 is 9.64 Å². The molecule has 1 aromatic rings. The van der Waals surface area contributed by atoms with Crippen LogP contribution < -0.4 is 4.74 Å². The summed E-state index contributed by atoms with van der Waals surface area (Å²) in [4.78, 5) is 17.2. The molecule has 0 aromatic heterocycles. The van der Waals surface area contributed by atoms with Gasteiger partial charge in [-0.15, -0.1) is 0 Å². The van der Waals surface area contributed by atoms with Gasteiger partial charge in [-0.25, -0.2) is 0 Å². The summed E-state index contributed by atoms with van der Waals surface area (Å²) in [5.41, 5.74) is 2.40. The molecule has 2 fully saturated rings. The van der Waals surface area contributed by atoms with E-state index < -0.39 is 0 Å². The number of hydrogen-bond acceptors (Lipinski definition) is 3. The molecule has 2 saturated heterocycles. The third-order valence-corrected chi connectivity index (χ3v) is 5.67. The summed E-state index contributed by atoms with van der Waals surface area (Å²) in [6, 6.07) is 6.27. The van der Waals surface area contributed by atoms with Crippen molar-refractivity contribution in [3.05, 3.63) is 29.3 Å². The van der Waals surface area contributed by atoms with Crippen molar-refractivity contribution in [1.82, 2.24) is 9.80 Å². The van der Waals surface area contributed by atoms with Gasteiger partial charge in [-0.3, -0.25) is 9.69 Å². The molecule has 2 aliphatic heterocycles. The lowest BCUT2D eigenvalue weighted by atomic mass is 9.94. The van der Waals surface area contributed by atoms with Crippen molar-refractivity contribution in [2.24, 2.45) is 5.92 Å². The highest BCUT2D eigenvalue weighted by Gasteiger charge is 2.29. The highest BCUT2D eigenvalue weighted by molar-refractivity contribution is 5.79. The summed E-state index contributed by atoms with van der Waals surface area (Å²) < 4.78 is 6.02. The Balaban J connectivity index is 1.40. The average Bonchev–Trinajstić information content (AvgIpc) is 2.65. The van der Waals surface area contributed by atoms with Crippen molar-refractivity contribution in [3.63, 3.8) is 0 Å². The standard InChI is InChI=1S/C21H32N2O2/c1-17-7-6-8-18(2)20(17)25-16-15-22-13-9-19(10-14-22)21(24)23-11-4-3-5-12-23/h6-8,19H,3-5,9-16H2,1-2H3. The zero-order valence-electron chi connectivity index (χ0n) is 15.8. The van der Waals surface area contributed by atoms with Crippen molar-refractivity contribution >= 4 is 5.91 Å². The quantitative estimate of drug-likeness (QED) is 0.821. The highest BCUT2D eigenvalue weighted by Crippen LogP contribution is 2.24. The number of carbonyl (C=O) groups is 1. The van der Waals surface area contributed by atoms with Crippen LogP contribution in [0, 0.1) is 19.8 Å². The number of hydrogen-bond donors (Lipinski definition) is 0. The minimum Gasteiger partial charge on any atom is -0.492 e. The molecule has 1 amide bonds. The molecule has 2 heterocycles. The first-order valence-electron chi connectivity index (χ1n) is 9.85. The second-order valence-corrected chi connectivity index (χ2v) is 7.57. The molecule has 3 rings (SSSR count). The Hall–Kier alpha value is -1.55. The number of ether oxygens (including phenoxy) is 1. The molecule has 0 unspecified atom stereocenters. The molecule has 0 atom stereocenters. The van der Waals surface area contributed by atoms with E-state index >= 15 is 0 Å². The zero-order valence-corrected chi connectivity index (χ0v) is 15.8. The fourth-order valence-corrected chi connectivity index (χ4v) is 4.08. The van der Waals surface area contributed by atoms with E-state index in [0.29, 0.717) is 5.91 Å². The number of likely N-dealkylation sites (tertiary alicyclic amines) is 2. The summed E-state index contributed by atoms with van der Waals surface area (Å²) in [6.45, 7) is 9.83. The second kappa shape index (κ2) is 8.70. The Morgan fingerprint density at radius 3 is 2.32 bits per heavy atom. The second-order valence-electron chi connectivity index (χ2n) is 7.57. The Labute approximate surface area is 152 Å². The number of piperidine rings is 2. The molecule has 0 aliphatic carbocycles. The molecule has 0 radical (unpaired) electrons. The van der Waals surface area contributed by atoms with Crippen molar-refractivity contribution in [1.29, 1.82) is 0 Å². The van der Waals surface area contributed by atoms with Crippen molar-refractivity contribution in [2.75, 3.05) is 39.3 Å². The van der Waals surface area contributed by atoms with E-state index in [0.717, 1.165) is 57.9 Å². The van der Waals surface area contributed by atoms with Gasteiger partial charge in [0.05, 0.1) is 0 Å². The predicted octanol–water partition coefficient (Wildman–Crippen LogP) is 3.41. The van der Waals surface area contributed by atoms with Crippen LogP contribution in [0.5, 0.6) is 5.75 Å². The molecule has 138 valence electrons. The maximum Gasteiger partial charge on any atom is 0.225 e. The molecule has 2 aliphatic rings. The third-order valence-electron chi connectivity index (χ3n) is 5.67. The Morgan fingerprint density at radius 1 is 1.04 bits per heavy atom. The average molecular weight is 344 g/mol. The minimum absolute atomic E-state index is 0.244. The molecule has 0 saturated carbocycles. The zero-order chi connectivity index (χ0) is 17.6. The number of rotatable bonds is 5. The predicted molar refractivity (Wildman–Crippen MR) is 101 cm³/mol. The smallest absolute Gasteiger partial charge is 0.225 e. The fourth-order valence-electron chi connectivity index (χ4n) is 4.08. The van der Waals surface area contributed by atoms with Gasteiger partial charge in [0.2, 0.25) is 5.91 Å². The Kier molecular flexibility index (Phi) is 6.35. The molecule has 0 spiro atoms. The van der Waals surface area contributed by atoms with E-state index in [9.17, 15) is 4.79 Å². The van der Waals surface area contributed by atoms with Gasteiger partial charge in [0.1, 0.15) is 12.4 Å². The van der Waals surface area contributed by atoms with Gasteiger partial charge in [-0.1, -0.05) is 18.2 Å². The van der Waals surface area contributed by atoms with Gasteiger partial charge in [-0.05, 0) is 70.2 Å². The largest absolute Gasteiger partial charge is 0.492 e. The van der Waals surface area contributed by atoms with E-state index in [1.165, 1.54) is 30.4 Å². The van der Waals surface area contributed by atoms with Crippen LogP contribution in [0.2, 0.25) is 0 Å². The molecule has 4 heteroatoms. The van der Waals surface area contributed by atoms with Crippen LogP contribution in [0.4, 0.5) is 0 Å². The molecule has 1 aromatic carbocycles. The lowest BCUT2D eigenvalue weighted by molar-refractivity contribution is -0.138. The molecule has 0 N–H and O–H groups in total. The Bertz CT molecular complexity index is 553. The number of amides is 1. The molecule has 4 nitrogen and oxygen atoms in total. The number of aryl methyl sites for hydroxylation is 2. The number of para-hydroxylation sites is 1. The first-order valence-corrected chi connectivity index (χ1v) is 9.85. The van der Waals surface area contributed by atoms with Crippen LogP contribution in [0.25, 0.3) is 0 Å². The van der Waals surface area contributed by atoms with E-state index in [1.54, 1.807) is 0 Å². The fraction of sp³-hybridized carbons (Fsp3) is 0.667. The maximum absolute atomic E-state index is 12.6. The van der Waals surface area contributed by atoms with Crippen molar-refractivity contribution in [3.8, 4) is 5.75 Å². The first-order chi connectivity index (χ1) is 12.1. The summed E-state index contributed by atoms with van der Waals surface area (Å²) in [6.07, 6.45) is 5.64. The van der Waals surface area contributed by atoms with Crippen LogP contribution in [-0.4, -0.2) is 55.0 Å². The summed E-state index contributed by atoms with van der Waals surface area (Å²) in [5.74, 6) is 1.68. The van der Waals surface area contributed by atoms with Gasteiger partial charge >= 0.3 is 0 Å². The normalized spacial score (nSPS) is 19.8. The first kappa shape index (κ1) is 18.2. The van der Waals surface area contributed by atoms with Gasteiger partial charge in [-0.2, -0.15) is 0 Å². The van der Waals surface area contributed by atoms with E-state index in [2.05, 4.69) is 41.8 Å². The topological polar surface area (TPSA) is 32.8 Å². The van der Waals surface area contributed by atoms with Crippen molar-refractivity contribution < 1.29 is 9.53 Å². The van der Waals surface area contributed by atoms with Crippen LogP contribution in [0.15, 0.2) is 18.2 Å². The lowest BCUT2D eigenvalue weighted by Gasteiger charge is -2.35. The van der Waals surface area contributed by atoms with Gasteiger partial charge in [0, 0.05) is 25.6 Å². The summed E-state index contributed by atoms with van der Waals surface area (Å²) in [7, 11) is 0. The van der Waals surface area contributed by atoms with E-state index in [4.69, 9.17) is 4.74 Å². The van der Waals surface area contributed by atoms with Gasteiger partial charge in [0.25, 0.3) is 0 Å². The van der Waals surface area contributed by atoms with Crippen LogP contribution in [-0.2, 0) is 4.79 Å². The number of benzene rings is 1. The number of carbonyl (C=O) groups excluding carboxylic acids is 1. The third kappa shape index (κ3) is 4.75. The number of nitrogens with zero attached hydrogens (tertiary/aromatic N) is 2. The van der Waals surface area contributed by atoms with Gasteiger partial charge in [0.15, 0.2) is 0 Å². The minimum atomic E-state index is 0.244. The molecule has 0 bridgehead atoms. The van der Waals surface area contributed by atoms with Crippen molar-refractivity contribution in [2.45, 2.75) is 46.0 Å². The lowest BCUT2D eigenvalue weighted by Crippen LogP contribution is -2.45. The van der Waals surface area contributed by atoms with Crippen LogP contribution >= 0.6 is 0 Å².